The molecule has 1 heterocycles. The molecule has 1 aromatic heterocycles. The highest BCUT2D eigenvalue weighted by Crippen LogP contribution is 2.25. The summed E-state index contributed by atoms with van der Waals surface area (Å²) < 4.78 is 0. The van der Waals surface area contributed by atoms with Crippen LogP contribution < -0.4 is 5.32 Å². The number of nitrogens with one attached hydrogen (secondary N) is 1. The summed E-state index contributed by atoms with van der Waals surface area (Å²) in [5.41, 5.74) is 1.51. The van der Waals surface area contributed by atoms with Crippen LogP contribution >= 0.6 is 11.3 Å². The summed E-state index contributed by atoms with van der Waals surface area (Å²) in [5.74, 6) is 0. The zero-order valence-electron chi connectivity index (χ0n) is 11.3. The predicted molar refractivity (Wildman–Crippen MR) is 75.5 cm³/mol. The molecular weight excluding hydrogens is 230 g/mol. The lowest BCUT2D eigenvalue weighted by Gasteiger charge is -2.29. The van der Waals surface area contributed by atoms with E-state index >= 15 is 0 Å². The van der Waals surface area contributed by atoms with Gasteiger partial charge in [0.15, 0.2) is 0 Å². The molecule has 1 rings (SSSR count). The van der Waals surface area contributed by atoms with E-state index in [-0.39, 0.29) is 12.0 Å². The Labute approximate surface area is 109 Å². The number of hydrogen-bond acceptors (Lipinski definition) is 3. The van der Waals surface area contributed by atoms with E-state index in [1.165, 1.54) is 10.4 Å². The molecule has 0 aliphatic rings. The second kappa shape index (κ2) is 7.14. The molecule has 3 heteroatoms. The van der Waals surface area contributed by atoms with Gasteiger partial charge >= 0.3 is 0 Å². The molecule has 0 aliphatic heterocycles. The van der Waals surface area contributed by atoms with Crippen LogP contribution in [-0.4, -0.2) is 18.3 Å². The van der Waals surface area contributed by atoms with Crippen LogP contribution in [0.4, 0.5) is 0 Å². The Morgan fingerprint density at radius 3 is 2.53 bits per heavy atom. The minimum absolute atomic E-state index is 0.0592. The zero-order valence-corrected chi connectivity index (χ0v) is 12.1. The minimum atomic E-state index is 0.0592. The van der Waals surface area contributed by atoms with Crippen LogP contribution in [0.2, 0.25) is 0 Å². The van der Waals surface area contributed by atoms with Gasteiger partial charge in [-0.05, 0) is 36.3 Å². The molecule has 0 fully saturated rings. The van der Waals surface area contributed by atoms with E-state index in [2.05, 4.69) is 37.5 Å². The molecular formula is C14H25NOS. The monoisotopic (exact) mass is 255 g/mol. The van der Waals surface area contributed by atoms with E-state index in [0.29, 0.717) is 0 Å². The number of hydrogen-bond donors (Lipinski definition) is 2. The van der Waals surface area contributed by atoms with Crippen molar-refractivity contribution in [3.05, 3.63) is 21.9 Å². The van der Waals surface area contributed by atoms with Crippen molar-refractivity contribution in [1.82, 2.24) is 5.32 Å². The first-order chi connectivity index (χ1) is 8.21. The van der Waals surface area contributed by atoms with Gasteiger partial charge in [-0.25, -0.2) is 0 Å². The lowest BCUT2D eigenvalue weighted by atomic mass is 9.83. The Morgan fingerprint density at radius 1 is 1.29 bits per heavy atom. The maximum atomic E-state index is 9.50. The first-order valence-corrected chi connectivity index (χ1v) is 7.46. The van der Waals surface area contributed by atoms with Crippen molar-refractivity contribution < 1.29 is 5.11 Å². The fourth-order valence-electron chi connectivity index (χ4n) is 2.06. The molecule has 0 saturated carbocycles. The zero-order chi connectivity index (χ0) is 12.7. The Balaban J connectivity index is 2.46. The molecule has 0 spiro atoms. The Kier molecular flexibility index (Phi) is 6.17. The van der Waals surface area contributed by atoms with Gasteiger partial charge in [0.1, 0.15) is 0 Å². The number of aryl methyl sites for hydroxylation is 1. The molecule has 17 heavy (non-hydrogen) atoms. The predicted octanol–water partition coefficient (Wildman–Crippen LogP) is 3.20. The molecule has 0 aromatic carbocycles. The molecule has 0 radical (unpaired) electrons. The van der Waals surface area contributed by atoms with E-state index in [9.17, 15) is 5.11 Å². The quantitative estimate of drug-likeness (QED) is 0.747. The largest absolute Gasteiger partial charge is 0.396 e. The van der Waals surface area contributed by atoms with Crippen molar-refractivity contribution in [3.63, 3.8) is 0 Å². The van der Waals surface area contributed by atoms with Gasteiger partial charge < -0.3 is 10.4 Å². The lowest BCUT2D eigenvalue weighted by molar-refractivity contribution is 0.113. The Morgan fingerprint density at radius 2 is 2.00 bits per heavy atom. The van der Waals surface area contributed by atoms with Crippen LogP contribution in [0.5, 0.6) is 0 Å². The van der Waals surface area contributed by atoms with Crippen LogP contribution in [0, 0.1) is 5.41 Å². The fourth-order valence-corrected chi connectivity index (χ4v) is 3.00. The van der Waals surface area contributed by atoms with E-state index in [0.717, 1.165) is 32.4 Å². The minimum Gasteiger partial charge on any atom is -0.396 e. The highest BCUT2D eigenvalue weighted by atomic mass is 32.1. The summed E-state index contributed by atoms with van der Waals surface area (Å²) in [6, 6.07) is 2.21. The third kappa shape index (κ3) is 3.80. The smallest absolute Gasteiger partial charge is 0.0499 e. The van der Waals surface area contributed by atoms with E-state index in [4.69, 9.17) is 0 Å². The van der Waals surface area contributed by atoms with Crippen molar-refractivity contribution in [2.24, 2.45) is 5.41 Å². The first-order valence-electron chi connectivity index (χ1n) is 6.58. The average molecular weight is 255 g/mol. The number of thiophene rings is 1. The third-order valence-corrected chi connectivity index (χ3v) is 4.80. The van der Waals surface area contributed by atoms with Crippen LogP contribution in [0.1, 0.15) is 44.1 Å². The fraction of sp³-hybridized carbons (Fsp3) is 0.714. The topological polar surface area (TPSA) is 32.3 Å². The van der Waals surface area contributed by atoms with Crippen molar-refractivity contribution >= 4 is 11.3 Å². The van der Waals surface area contributed by atoms with Gasteiger partial charge in [-0.2, -0.15) is 0 Å². The molecule has 2 nitrogen and oxygen atoms in total. The second-order valence-corrected chi connectivity index (χ2v) is 5.69. The molecule has 0 saturated heterocycles. The van der Waals surface area contributed by atoms with E-state index in [1.807, 2.05) is 11.3 Å². The Bertz CT molecular complexity index is 310. The standard InChI is InChI=1S/C14H25NOS/c1-4-12-7-8-17-13(12)9-15-10-14(5-2,6-3)11-16/h7-8,15-16H,4-6,9-11H2,1-3H3. The molecule has 98 valence electrons. The van der Waals surface area contributed by atoms with Gasteiger partial charge in [-0.15, -0.1) is 11.3 Å². The molecule has 0 amide bonds. The van der Waals surface area contributed by atoms with Crippen LogP contribution in [0.25, 0.3) is 0 Å². The van der Waals surface area contributed by atoms with E-state index in [1.54, 1.807) is 0 Å². The highest BCUT2D eigenvalue weighted by molar-refractivity contribution is 7.10. The van der Waals surface area contributed by atoms with Crippen molar-refractivity contribution in [1.29, 1.82) is 0 Å². The maximum absolute atomic E-state index is 9.50. The van der Waals surface area contributed by atoms with Crippen LogP contribution in [0.3, 0.4) is 0 Å². The van der Waals surface area contributed by atoms with Crippen molar-refractivity contribution in [2.45, 2.75) is 46.6 Å². The number of aliphatic hydroxyl groups is 1. The van der Waals surface area contributed by atoms with Gasteiger partial charge in [0.05, 0.1) is 0 Å². The van der Waals surface area contributed by atoms with Gasteiger partial charge in [0.2, 0.25) is 0 Å². The molecule has 0 atom stereocenters. The number of rotatable bonds is 8. The summed E-state index contributed by atoms with van der Waals surface area (Å²) in [6.07, 6.45) is 3.16. The van der Waals surface area contributed by atoms with Gasteiger partial charge in [0, 0.05) is 30.0 Å². The molecule has 2 N–H and O–H groups in total. The average Bonchev–Trinajstić information content (AvgIpc) is 2.83. The maximum Gasteiger partial charge on any atom is 0.0499 e. The van der Waals surface area contributed by atoms with Gasteiger partial charge in [-0.3, -0.25) is 0 Å². The molecule has 0 bridgehead atoms. The van der Waals surface area contributed by atoms with Crippen LogP contribution in [0.15, 0.2) is 11.4 Å². The third-order valence-electron chi connectivity index (χ3n) is 3.84. The molecule has 0 aliphatic carbocycles. The Hall–Kier alpha value is -0.380. The lowest BCUT2D eigenvalue weighted by Crippen LogP contribution is -2.36. The van der Waals surface area contributed by atoms with Crippen molar-refractivity contribution in [3.8, 4) is 0 Å². The summed E-state index contributed by atoms with van der Waals surface area (Å²) in [5, 5.41) is 15.2. The molecule has 1 aromatic rings. The van der Waals surface area contributed by atoms with Crippen molar-refractivity contribution in [2.75, 3.05) is 13.2 Å². The van der Waals surface area contributed by atoms with Gasteiger partial charge in [-0.1, -0.05) is 20.8 Å². The normalized spacial score (nSPS) is 12.0. The SMILES string of the molecule is CCc1ccsc1CNCC(CC)(CC)CO. The highest BCUT2D eigenvalue weighted by Gasteiger charge is 2.24. The summed E-state index contributed by atoms with van der Waals surface area (Å²) in [6.45, 7) is 8.62. The summed E-state index contributed by atoms with van der Waals surface area (Å²) >= 11 is 1.82. The molecule has 0 unspecified atom stereocenters. The summed E-state index contributed by atoms with van der Waals surface area (Å²) in [4.78, 5) is 1.44. The first kappa shape index (κ1) is 14.7. The second-order valence-electron chi connectivity index (χ2n) is 4.69. The van der Waals surface area contributed by atoms with Crippen LogP contribution in [-0.2, 0) is 13.0 Å². The summed E-state index contributed by atoms with van der Waals surface area (Å²) in [7, 11) is 0. The number of aliphatic hydroxyl groups excluding tert-OH is 1. The van der Waals surface area contributed by atoms with Gasteiger partial charge in [0.25, 0.3) is 0 Å². The van der Waals surface area contributed by atoms with E-state index < -0.39 is 0 Å².